The third kappa shape index (κ3) is 4.90. The van der Waals surface area contributed by atoms with Crippen LogP contribution in [0.2, 0.25) is 0 Å². The van der Waals surface area contributed by atoms with E-state index in [9.17, 15) is 4.39 Å². The van der Waals surface area contributed by atoms with Crippen LogP contribution in [0, 0.1) is 17.7 Å². The van der Waals surface area contributed by atoms with E-state index in [1.807, 2.05) is 24.5 Å². The van der Waals surface area contributed by atoms with Crippen LogP contribution >= 0.6 is 0 Å². The average Bonchev–Trinajstić information content (AvgIpc) is 2.68. The monoisotopic (exact) mass is 354 g/mol. The van der Waals surface area contributed by atoms with Crippen LogP contribution in [0.25, 0.3) is 11.4 Å². The predicted octanol–water partition coefficient (Wildman–Crippen LogP) is 6.38. The Morgan fingerprint density at radius 3 is 2.23 bits per heavy atom. The molecule has 1 fully saturated rings. The molecule has 0 radical (unpaired) electrons. The minimum absolute atomic E-state index is 0.208. The molecule has 0 amide bonds. The normalized spacial score (nSPS) is 20.3. The summed E-state index contributed by atoms with van der Waals surface area (Å²) in [5.41, 5.74) is 2.69. The molecular formula is C23H31FN2. The second-order valence-corrected chi connectivity index (χ2v) is 7.81. The van der Waals surface area contributed by atoms with E-state index in [2.05, 4.69) is 23.8 Å². The molecule has 1 aromatic heterocycles. The highest BCUT2D eigenvalue weighted by molar-refractivity contribution is 5.56. The lowest BCUT2D eigenvalue weighted by molar-refractivity contribution is 0.259. The highest BCUT2D eigenvalue weighted by Gasteiger charge is 2.19. The van der Waals surface area contributed by atoms with Gasteiger partial charge in [0, 0.05) is 12.4 Å². The average molecular weight is 355 g/mol. The molecule has 1 aliphatic carbocycles. The van der Waals surface area contributed by atoms with Crippen molar-refractivity contribution in [2.45, 2.75) is 71.6 Å². The molecule has 3 heteroatoms. The van der Waals surface area contributed by atoms with Gasteiger partial charge in [-0.05, 0) is 54.4 Å². The summed E-state index contributed by atoms with van der Waals surface area (Å²) in [6, 6.07) is 5.56. The maximum absolute atomic E-state index is 14.6. The minimum atomic E-state index is -0.208. The predicted molar refractivity (Wildman–Crippen MR) is 105 cm³/mol. The van der Waals surface area contributed by atoms with Gasteiger partial charge in [-0.3, -0.25) is 0 Å². The van der Waals surface area contributed by atoms with E-state index in [0.29, 0.717) is 11.4 Å². The van der Waals surface area contributed by atoms with Crippen molar-refractivity contribution in [3.05, 3.63) is 47.5 Å². The van der Waals surface area contributed by atoms with Gasteiger partial charge in [-0.1, -0.05) is 58.4 Å². The van der Waals surface area contributed by atoms with Crippen LogP contribution in [0.15, 0.2) is 30.6 Å². The summed E-state index contributed by atoms with van der Waals surface area (Å²) in [5, 5.41) is 0. The van der Waals surface area contributed by atoms with E-state index in [-0.39, 0.29) is 5.82 Å². The molecule has 2 aromatic rings. The molecule has 2 nitrogen and oxygen atoms in total. The second kappa shape index (κ2) is 9.25. The Morgan fingerprint density at radius 2 is 1.62 bits per heavy atom. The van der Waals surface area contributed by atoms with Crippen molar-refractivity contribution in [2.75, 3.05) is 0 Å². The number of halogens is 1. The summed E-state index contributed by atoms with van der Waals surface area (Å²) < 4.78 is 14.6. The van der Waals surface area contributed by atoms with E-state index in [1.165, 1.54) is 38.5 Å². The van der Waals surface area contributed by atoms with Gasteiger partial charge in [-0.2, -0.15) is 0 Å². The van der Waals surface area contributed by atoms with E-state index in [0.717, 1.165) is 42.2 Å². The molecule has 0 spiro atoms. The lowest BCUT2D eigenvalue weighted by Gasteiger charge is -2.27. The van der Waals surface area contributed by atoms with Crippen molar-refractivity contribution in [1.82, 2.24) is 9.97 Å². The Bertz CT molecular complexity index is 688. The first kappa shape index (κ1) is 19.0. The Labute approximate surface area is 157 Å². The molecule has 3 rings (SSSR count). The maximum atomic E-state index is 14.6. The van der Waals surface area contributed by atoms with Gasteiger partial charge in [-0.15, -0.1) is 0 Å². The molecule has 1 heterocycles. The van der Waals surface area contributed by atoms with Gasteiger partial charge in [0.1, 0.15) is 5.82 Å². The highest BCUT2D eigenvalue weighted by Crippen LogP contribution is 2.33. The summed E-state index contributed by atoms with van der Waals surface area (Å²) in [4.78, 5) is 8.68. The highest BCUT2D eigenvalue weighted by atomic mass is 19.1. The van der Waals surface area contributed by atoms with Crippen molar-refractivity contribution >= 4 is 0 Å². The van der Waals surface area contributed by atoms with E-state index >= 15 is 0 Å². The lowest BCUT2D eigenvalue weighted by Crippen LogP contribution is -2.14. The third-order valence-corrected chi connectivity index (χ3v) is 5.90. The van der Waals surface area contributed by atoms with Crippen molar-refractivity contribution in [3.8, 4) is 11.4 Å². The van der Waals surface area contributed by atoms with E-state index in [4.69, 9.17) is 0 Å². The molecule has 0 unspecified atom stereocenters. The first-order valence-corrected chi connectivity index (χ1v) is 10.3. The van der Waals surface area contributed by atoms with Gasteiger partial charge < -0.3 is 0 Å². The topological polar surface area (TPSA) is 25.8 Å². The van der Waals surface area contributed by atoms with Gasteiger partial charge >= 0.3 is 0 Å². The largest absolute Gasteiger partial charge is 0.236 e. The standard InChI is InChI=1S/C23H31FN2/c1-3-5-20-15-25-23(26-16-20)21-13-12-19(14-22(21)24)11-10-18-8-6-17(4-2)7-9-18/h12-18H,3-11H2,1-2H3/t17-,18-. The van der Waals surface area contributed by atoms with Gasteiger partial charge in [0.2, 0.25) is 0 Å². The molecule has 0 bridgehead atoms. The van der Waals surface area contributed by atoms with Gasteiger partial charge in [0.05, 0.1) is 5.56 Å². The van der Waals surface area contributed by atoms with Crippen LogP contribution in [0.5, 0.6) is 0 Å². The first-order valence-electron chi connectivity index (χ1n) is 10.3. The molecule has 0 atom stereocenters. The number of nitrogens with zero attached hydrogens (tertiary/aromatic N) is 2. The second-order valence-electron chi connectivity index (χ2n) is 7.81. The Balaban J connectivity index is 1.59. The maximum Gasteiger partial charge on any atom is 0.162 e. The Morgan fingerprint density at radius 1 is 0.923 bits per heavy atom. The molecule has 0 N–H and O–H groups in total. The molecule has 1 saturated carbocycles. The number of hydrogen-bond donors (Lipinski definition) is 0. The zero-order valence-corrected chi connectivity index (χ0v) is 16.2. The van der Waals surface area contributed by atoms with Crippen molar-refractivity contribution in [3.63, 3.8) is 0 Å². The molecule has 1 aliphatic rings. The van der Waals surface area contributed by atoms with Crippen LogP contribution in [0.3, 0.4) is 0 Å². The fourth-order valence-electron chi connectivity index (χ4n) is 4.11. The first-order chi connectivity index (χ1) is 12.7. The van der Waals surface area contributed by atoms with E-state index in [1.54, 1.807) is 6.07 Å². The summed E-state index contributed by atoms with van der Waals surface area (Å²) in [6.45, 7) is 4.43. The molecule has 0 aliphatic heterocycles. The van der Waals surface area contributed by atoms with Crippen LogP contribution in [0.4, 0.5) is 4.39 Å². The van der Waals surface area contributed by atoms with Crippen LogP contribution < -0.4 is 0 Å². The van der Waals surface area contributed by atoms with Crippen molar-refractivity contribution in [2.24, 2.45) is 11.8 Å². The fourth-order valence-corrected chi connectivity index (χ4v) is 4.11. The number of aryl methyl sites for hydroxylation is 2. The van der Waals surface area contributed by atoms with Crippen LogP contribution in [-0.2, 0) is 12.8 Å². The van der Waals surface area contributed by atoms with Gasteiger partial charge in [-0.25, -0.2) is 14.4 Å². The van der Waals surface area contributed by atoms with Crippen LogP contribution in [-0.4, -0.2) is 9.97 Å². The Hall–Kier alpha value is -1.77. The molecule has 1 aromatic carbocycles. The zero-order chi connectivity index (χ0) is 18.4. The lowest BCUT2D eigenvalue weighted by atomic mass is 9.78. The van der Waals surface area contributed by atoms with Crippen LogP contribution in [0.1, 0.15) is 69.9 Å². The number of hydrogen-bond acceptors (Lipinski definition) is 2. The fraction of sp³-hybridized carbons (Fsp3) is 0.565. The summed E-state index contributed by atoms with van der Waals surface area (Å²) in [6.07, 6.45) is 14.5. The molecule has 0 saturated heterocycles. The molecule has 26 heavy (non-hydrogen) atoms. The Kier molecular flexibility index (Phi) is 6.76. The van der Waals surface area contributed by atoms with Crippen molar-refractivity contribution in [1.29, 1.82) is 0 Å². The number of rotatable bonds is 7. The quantitative estimate of drug-likeness (QED) is 0.576. The third-order valence-electron chi connectivity index (χ3n) is 5.90. The van der Waals surface area contributed by atoms with Gasteiger partial charge in [0.15, 0.2) is 5.82 Å². The summed E-state index contributed by atoms with van der Waals surface area (Å²) in [7, 11) is 0. The number of aromatic nitrogens is 2. The minimum Gasteiger partial charge on any atom is -0.236 e. The van der Waals surface area contributed by atoms with E-state index < -0.39 is 0 Å². The summed E-state index contributed by atoms with van der Waals surface area (Å²) in [5.74, 6) is 2.02. The summed E-state index contributed by atoms with van der Waals surface area (Å²) >= 11 is 0. The SMILES string of the molecule is CCCc1cnc(-c2ccc(CC[C@H]3CC[C@H](CC)CC3)cc2F)nc1. The smallest absolute Gasteiger partial charge is 0.162 e. The molecule has 140 valence electrons. The molecular weight excluding hydrogens is 323 g/mol. The van der Waals surface area contributed by atoms with Gasteiger partial charge in [0.25, 0.3) is 0 Å². The number of benzene rings is 1. The van der Waals surface area contributed by atoms with Crippen molar-refractivity contribution < 1.29 is 4.39 Å². The zero-order valence-electron chi connectivity index (χ0n) is 16.2.